The molecule has 4 atom stereocenters. The molecule has 1 aliphatic carbocycles. The Morgan fingerprint density at radius 1 is 0.938 bits per heavy atom. The van der Waals surface area contributed by atoms with Gasteiger partial charge in [-0.3, -0.25) is 14.4 Å². The number of amides is 2. The monoisotopic (exact) mass is 561 g/mol. The van der Waals surface area contributed by atoms with E-state index < -0.39 is 24.4 Å². The van der Waals surface area contributed by atoms with Gasteiger partial charge in [0.1, 0.15) is 0 Å². The van der Waals surface area contributed by atoms with E-state index in [0.717, 1.165) is 10.5 Å². The summed E-state index contributed by atoms with van der Waals surface area (Å²) in [6.07, 6.45) is 1.08. The van der Waals surface area contributed by atoms with Crippen molar-refractivity contribution in [2.75, 3.05) is 11.5 Å². The minimum absolute atomic E-state index is 0.0790. The Morgan fingerprint density at radius 3 is 2.09 bits per heavy atom. The maximum Gasteiger partial charge on any atom is 0.340 e. The fourth-order valence-electron chi connectivity index (χ4n) is 4.21. The number of ether oxygens (including phenoxy) is 1. The van der Waals surface area contributed by atoms with Crippen LogP contribution in [0.4, 0.5) is 5.69 Å². The molecule has 0 bridgehead atoms. The number of nitrogens with zero attached hydrogens (tertiary/aromatic N) is 1. The number of Topliss-reactive ketones (excluding diaryl/α,β-unsaturated/α-hetero) is 1. The summed E-state index contributed by atoms with van der Waals surface area (Å²) < 4.78 is 5.25. The maximum atomic E-state index is 13.1. The van der Waals surface area contributed by atoms with Crippen LogP contribution < -0.4 is 4.90 Å². The van der Waals surface area contributed by atoms with Crippen LogP contribution in [0.2, 0.25) is 0 Å². The Balaban J connectivity index is 1.53. The first-order chi connectivity index (χ1) is 15.3. The summed E-state index contributed by atoms with van der Waals surface area (Å²) >= 11 is 7.15. The first kappa shape index (κ1) is 22.9. The summed E-state index contributed by atoms with van der Waals surface area (Å²) in [4.78, 5) is 52.7. The molecule has 0 N–H and O–H groups in total. The van der Waals surface area contributed by atoms with Crippen LogP contribution in [0.25, 0.3) is 0 Å². The normalized spacial score (nSPS) is 24.9. The van der Waals surface area contributed by atoms with Gasteiger partial charge in [0.15, 0.2) is 12.4 Å². The van der Waals surface area contributed by atoms with E-state index in [2.05, 4.69) is 31.9 Å². The lowest BCUT2D eigenvalue weighted by atomic mass is 9.81. The summed E-state index contributed by atoms with van der Waals surface area (Å²) in [5.74, 6) is -2.55. The lowest BCUT2D eigenvalue weighted by Gasteiger charge is -2.29. The molecule has 0 aromatic heterocycles. The molecule has 32 heavy (non-hydrogen) atoms. The number of aryl methyl sites for hydroxylation is 1. The summed E-state index contributed by atoms with van der Waals surface area (Å²) in [5, 5.41) is 0. The van der Waals surface area contributed by atoms with Crippen LogP contribution in [0.1, 0.15) is 39.1 Å². The molecule has 2 aromatic rings. The number of imide groups is 1. The van der Waals surface area contributed by atoms with E-state index in [4.69, 9.17) is 4.74 Å². The number of alkyl halides is 2. The molecule has 2 amide bonds. The number of halogens is 2. The van der Waals surface area contributed by atoms with E-state index in [1.807, 2.05) is 19.1 Å². The maximum absolute atomic E-state index is 13.1. The number of benzene rings is 2. The van der Waals surface area contributed by atoms with E-state index in [9.17, 15) is 19.2 Å². The molecular formula is C24H21Br2NO5. The number of ketones is 1. The van der Waals surface area contributed by atoms with E-state index in [1.165, 1.54) is 6.07 Å². The average Bonchev–Trinajstić information content (AvgIpc) is 3.02. The molecule has 1 saturated carbocycles. The van der Waals surface area contributed by atoms with Gasteiger partial charge in [0.2, 0.25) is 11.8 Å². The second-order valence-corrected chi connectivity index (χ2v) is 10.5. The zero-order chi connectivity index (χ0) is 23.0. The number of fused-ring (bicyclic) bond motifs is 1. The Labute approximate surface area is 202 Å². The number of hydrogen-bond acceptors (Lipinski definition) is 5. The number of rotatable bonds is 5. The largest absolute Gasteiger partial charge is 0.454 e. The van der Waals surface area contributed by atoms with Crippen LogP contribution >= 0.6 is 31.9 Å². The predicted octanol–water partition coefficient (Wildman–Crippen LogP) is 4.46. The Morgan fingerprint density at radius 2 is 1.50 bits per heavy atom. The SMILES string of the molecule is Cc1ccc(C(=O)COC(=O)c2ccccc2N2C(=O)[C@@H]3C[C@@H](Br)[C@@H](Br)C[C@H]3C2=O)cc1. The molecule has 1 heterocycles. The lowest BCUT2D eigenvalue weighted by molar-refractivity contribution is -0.122. The number of hydrogen-bond donors (Lipinski definition) is 0. The fraction of sp³-hybridized carbons (Fsp3) is 0.333. The molecule has 4 rings (SSSR count). The minimum Gasteiger partial charge on any atom is -0.454 e. The van der Waals surface area contributed by atoms with Crippen LogP contribution in [0.5, 0.6) is 0 Å². The zero-order valence-corrected chi connectivity index (χ0v) is 20.5. The van der Waals surface area contributed by atoms with Crippen molar-refractivity contribution in [2.24, 2.45) is 11.8 Å². The van der Waals surface area contributed by atoms with Crippen molar-refractivity contribution in [2.45, 2.75) is 29.4 Å². The summed E-state index contributed by atoms with van der Waals surface area (Å²) in [6, 6.07) is 13.3. The molecule has 0 radical (unpaired) electrons. The standard InChI is InChI=1S/C24H21Br2NO5/c1-13-6-8-14(9-7-13)21(28)12-32-24(31)15-4-2-3-5-20(15)27-22(29)16-10-18(25)19(26)11-17(16)23(27)30/h2-9,16-19H,10-12H2,1H3/t16-,17-,18-,19+/m1/s1. The number of para-hydroxylation sites is 1. The highest BCUT2D eigenvalue weighted by atomic mass is 79.9. The third-order valence-electron chi connectivity index (χ3n) is 5.98. The number of anilines is 1. The fourth-order valence-corrected chi connectivity index (χ4v) is 5.44. The molecular weight excluding hydrogens is 542 g/mol. The van der Waals surface area contributed by atoms with Gasteiger partial charge in [-0.25, -0.2) is 9.69 Å². The van der Waals surface area contributed by atoms with E-state index in [1.54, 1.807) is 30.3 Å². The van der Waals surface area contributed by atoms with Crippen molar-refractivity contribution in [3.8, 4) is 0 Å². The van der Waals surface area contributed by atoms with Gasteiger partial charge >= 0.3 is 5.97 Å². The van der Waals surface area contributed by atoms with Crippen molar-refractivity contribution in [3.05, 3.63) is 65.2 Å². The third kappa shape index (κ3) is 4.30. The molecule has 166 valence electrons. The van der Waals surface area contributed by atoms with Gasteiger partial charge in [0.05, 0.1) is 23.1 Å². The van der Waals surface area contributed by atoms with Gasteiger partial charge in [-0.1, -0.05) is 73.8 Å². The van der Waals surface area contributed by atoms with Gasteiger partial charge in [-0.05, 0) is 31.9 Å². The van der Waals surface area contributed by atoms with Crippen LogP contribution in [-0.2, 0) is 14.3 Å². The highest BCUT2D eigenvalue weighted by Crippen LogP contribution is 2.44. The first-order valence-electron chi connectivity index (χ1n) is 10.3. The molecule has 0 spiro atoms. The van der Waals surface area contributed by atoms with E-state index in [0.29, 0.717) is 18.4 Å². The lowest BCUT2D eigenvalue weighted by Crippen LogP contribution is -2.34. The van der Waals surface area contributed by atoms with Crippen molar-refractivity contribution < 1.29 is 23.9 Å². The Kier molecular flexibility index (Phi) is 6.62. The topological polar surface area (TPSA) is 80.8 Å². The van der Waals surface area contributed by atoms with Gasteiger partial charge in [0, 0.05) is 15.2 Å². The van der Waals surface area contributed by atoms with Gasteiger partial charge in [-0.15, -0.1) is 0 Å². The third-order valence-corrected chi connectivity index (χ3v) is 8.72. The minimum atomic E-state index is -0.756. The second-order valence-electron chi connectivity index (χ2n) is 8.11. The van der Waals surface area contributed by atoms with Crippen LogP contribution in [0.15, 0.2) is 48.5 Å². The molecule has 0 unspecified atom stereocenters. The average molecular weight is 563 g/mol. The van der Waals surface area contributed by atoms with Crippen molar-refractivity contribution >= 4 is 61.1 Å². The summed E-state index contributed by atoms with van der Waals surface area (Å²) in [5.41, 5.74) is 1.74. The van der Waals surface area contributed by atoms with Gasteiger partial charge in [0.25, 0.3) is 0 Å². The van der Waals surface area contributed by atoms with Crippen LogP contribution in [0.3, 0.4) is 0 Å². The predicted molar refractivity (Wildman–Crippen MR) is 126 cm³/mol. The van der Waals surface area contributed by atoms with Crippen molar-refractivity contribution in [1.29, 1.82) is 0 Å². The second kappa shape index (κ2) is 9.27. The molecule has 2 fully saturated rings. The molecule has 1 aliphatic heterocycles. The zero-order valence-electron chi connectivity index (χ0n) is 17.3. The summed E-state index contributed by atoms with van der Waals surface area (Å²) in [7, 11) is 0. The summed E-state index contributed by atoms with van der Waals surface area (Å²) in [6.45, 7) is 1.48. The molecule has 1 saturated heterocycles. The van der Waals surface area contributed by atoms with Crippen molar-refractivity contribution in [1.82, 2.24) is 0 Å². The van der Waals surface area contributed by atoms with Crippen LogP contribution in [-0.4, -0.2) is 39.8 Å². The molecule has 2 aromatic carbocycles. The first-order valence-corrected chi connectivity index (χ1v) is 12.1. The number of carbonyl (C=O) groups is 4. The number of esters is 1. The van der Waals surface area contributed by atoms with Crippen molar-refractivity contribution in [3.63, 3.8) is 0 Å². The van der Waals surface area contributed by atoms with E-state index >= 15 is 0 Å². The molecule has 2 aliphatic rings. The highest BCUT2D eigenvalue weighted by molar-refractivity contribution is 9.12. The Bertz CT molecular complexity index is 1060. The highest BCUT2D eigenvalue weighted by Gasteiger charge is 2.52. The smallest absolute Gasteiger partial charge is 0.340 e. The quantitative estimate of drug-likeness (QED) is 0.233. The van der Waals surface area contributed by atoms with Gasteiger partial charge < -0.3 is 4.74 Å². The van der Waals surface area contributed by atoms with Gasteiger partial charge in [-0.2, -0.15) is 0 Å². The molecule has 6 nitrogen and oxygen atoms in total. The number of carbonyl (C=O) groups excluding carboxylic acids is 4. The van der Waals surface area contributed by atoms with Crippen LogP contribution in [0, 0.1) is 18.8 Å². The Hall–Kier alpha value is -2.32. The molecule has 8 heteroatoms. The van der Waals surface area contributed by atoms with E-state index in [-0.39, 0.29) is 38.5 Å².